The molecule has 0 aromatic heterocycles. The molecule has 0 spiro atoms. The van der Waals surface area contributed by atoms with Crippen molar-refractivity contribution in [2.24, 2.45) is 5.41 Å². The Bertz CT molecular complexity index is 732. The van der Waals surface area contributed by atoms with Gasteiger partial charge in [-0.15, -0.1) is 0 Å². The summed E-state index contributed by atoms with van der Waals surface area (Å²) in [5, 5.41) is 11.9. The van der Waals surface area contributed by atoms with Crippen LogP contribution < -0.4 is 5.32 Å². The molecule has 1 amide bonds. The first-order chi connectivity index (χ1) is 10.3. The molecule has 2 aromatic rings. The smallest absolute Gasteiger partial charge is 0.229 e. The maximum absolute atomic E-state index is 12.3. The van der Waals surface area contributed by atoms with E-state index in [9.17, 15) is 4.79 Å². The first-order valence-electron chi connectivity index (χ1n) is 7.24. The van der Waals surface area contributed by atoms with Gasteiger partial charge in [-0.1, -0.05) is 45.0 Å². The molecule has 1 N–H and O–H groups in total. The van der Waals surface area contributed by atoms with Gasteiger partial charge in [0.2, 0.25) is 5.91 Å². The van der Waals surface area contributed by atoms with Crippen LogP contribution in [0.3, 0.4) is 0 Å². The largest absolute Gasteiger partial charge is 0.325 e. The molecule has 2 rings (SSSR count). The zero-order valence-electron chi connectivity index (χ0n) is 13.4. The molecule has 0 bridgehead atoms. The van der Waals surface area contributed by atoms with Gasteiger partial charge in [0.05, 0.1) is 11.6 Å². The summed E-state index contributed by atoms with van der Waals surface area (Å²) in [4.78, 5) is 12.3. The van der Waals surface area contributed by atoms with Gasteiger partial charge in [0.25, 0.3) is 0 Å². The molecule has 22 heavy (non-hydrogen) atoms. The van der Waals surface area contributed by atoms with Crippen LogP contribution in [0.2, 0.25) is 0 Å². The predicted octanol–water partition coefficient (Wildman–Crippen LogP) is 4.52. The Morgan fingerprint density at radius 1 is 1.09 bits per heavy atom. The monoisotopic (exact) mass is 292 g/mol. The van der Waals surface area contributed by atoms with Crippen LogP contribution in [0.25, 0.3) is 11.1 Å². The van der Waals surface area contributed by atoms with E-state index in [1.807, 2.05) is 58.0 Å². The third kappa shape index (κ3) is 3.53. The quantitative estimate of drug-likeness (QED) is 0.884. The standard InChI is InChI=1S/C19H20N2O/c1-13-5-10-16(15-8-6-14(12-20)7-9-15)17(11-13)21-18(22)19(2,3)4/h5-11H,1-4H3,(H,21,22). The number of benzene rings is 2. The fraction of sp³-hybridized carbons (Fsp3) is 0.263. The van der Waals surface area contributed by atoms with E-state index in [-0.39, 0.29) is 5.91 Å². The number of nitriles is 1. The number of hydrogen-bond donors (Lipinski definition) is 1. The number of amides is 1. The first-order valence-corrected chi connectivity index (χ1v) is 7.24. The van der Waals surface area contributed by atoms with Crippen molar-refractivity contribution in [3.63, 3.8) is 0 Å². The lowest BCUT2D eigenvalue weighted by Crippen LogP contribution is -2.27. The average molecular weight is 292 g/mol. The molecule has 0 fully saturated rings. The number of aryl methyl sites for hydroxylation is 1. The molecule has 0 aliphatic carbocycles. The van der Waals surface area contributed by atoms with Gasteiger partial charge in [0.1, 0.15) is 0 Å². The summed E-state index contributed by atoms with van der Waals surface area (Å²) >= 11 is 0. The van der Waals surface area contributed by atoms with Gasteiger partial charge in [-0.05, 0) is 36.2 Å². The number of anilines is 1. The number of nitrogens with zero attached hydrogens (tertiary/aromatic N) is 1. The van der Waals surface area contributed by atoms with Crippen LogP contribution in [0.5, 0.6) is 0 Å². The fourth-order valence-electron chi connectivity index (χ4n) is 2.05. The van der Waals surface area contributed by atoms with E-state index >= 15 is 0 Å². The summed E-state index contributed by atoms with van der Waals surface area (Å²) in [6.45, 7) is 7.66. The van der Waals surface area contributed by atoms with Crippen molar-refractivity contribution in [2.75, 3.05) is 5.32 Å². The number of carbonyl (C=O) groups is 1. The van der Waals surface area contributed by atoms with Crippen molar-refractivity contribution in [1.29, 1.82) is 5.26 Å². The minimum absolute atomic E-state index is 0.0204. The maximum Gasteiger partial charge on any atom is 0.229 e. The number of rotatable bonds is 2. The normalized spacial score (nSPS) is 10.9. The Labute approximate surface area is 131 Å². The summed E-state index contributed by atoms with van der Waals surface area (Å²) < 4.78 is 0. The Morgan fingerprint density at radius 2 is 1.73 bits per heavy atom. The molecule has 0 saturated heterocycles. The zero-order valence-corrected chi connectivity index (χ0v) is 13.4. The lowest BCUT2D eigenvalue weighted by atomic mass is 9.94. The summed E-state index contributed by atoms with van der Waals surface area (Å²) in [5.74, 6) is -0.0204. The highest BCUT2D eigenvalue weighted by Gasteiger charge is 2.22. The van der Waals surface area contributed by atoms with Crippen LogP contribution in [0.4, 0.5) is 5.69 Å². The molecule has 0 atom stereocenters. The van der Waals surface area contributed by atoms with E-state index in [1.165, 1.54) is 0 Å². The van der Waals surface area contributed by atoms with Gasteiger partial charge in [0, 0.05) is 16.7 Å². The molecule has 112 valence electrons. The lowest BCUT2D eigenvalue weighted by Gasteiger charge is -2.20. The third-order valence-electron chi connectivity index (χ3n) is 3.43. The molecule has 0 saturated carbocycles. The van der Waals surface area contributed by atoms with E-state index in [2.05, 4.69) is 11.4 Å². The Kier molecular flexibility index (Phi) is 4.32. The van der Waals surface area contributed by atoms with Crippen molar-refractivity contribution in [2.45, 2.75) is 27.7 Å². The minimum atomic E-state index is -0.453. The SMILES string of the molecule is Cc1ccc(-c2ccc(C#N)cc2)c(NC(=O)C(C)(C)C)c1. The summed E-state index contributed by atoms with van der Waals surface area (Å²) in [7, 11) is 0. The first kappa shape index (κ1) is 15.8. The van der Waals surface area contributed by atoms with E-state index in [1.54, 1.807) is 12.1 Å². The average Bonchev–Trinajstić information content (AvgIpc) is 2.47. The van der Waals surface area contributed by atoms with Crippen LogP contribution >= 0.6 is 0 Å². The van der Waals surface area contributed by atoms with Crippen molar-refractivity contribution in [3.8, 4) is 17.2 Å². The Balaban J connectivity index is 2.43. The van der Waals surface area contributed by atoms with E-state index in [0.717, 1.165) is 22.4 Å². The number of nitrogens with one attached hydrogen (secondary N) is 1. The highest BCUT2D eigenvalue weighted by molar-refractivity contribution is 5.98. The molecule has 2 aromatic carbocycles. The van der Waals surface area contributed by atoms with Crippen molar-refractivity contribution in [3.05, 3.63) is 53.6 Å². The van der Waals surface area contributed by atoms with Crippen LogP contribution in [0.15, 0.2) is 42.5 Å². The van der Waals surface area contributed by atoms with Gasteiger partial charge >= 0.3 is 0 Å². The van der Waals surface area contributed by atoms with Crippen LogP contribution in [0.1, 0.15) is 31.9 Å². The summed E-state index contributed by atoms with van der Waals surface area (Å²) in [5.41, 5.74) is 3.98. The maximum atomic E-state index is 12.3. The second-order valence-electron chi connectivity index (χ2n) is 6.44. The second kappa shape index (κ2) is 6.03. The highest BCUT2D eigenvalue weighted by Crippen LogP contribution is 2.30. The highest BCUT2D eigenvalue weighted by atomic mass is 16.2. The lowest BCUT2D eigenvalue weighted by molar-refractivity contribution is -0.123. The van der Waals surface area contributed by atoms with Crippen LogP contribution in [-0.2, 0) is 4.79 Å². The molecule has 0 unspecified atom stereocenters. The number of hydrogen-bond acceptors (Lipinski definition) is 2. The Morgan fingerprint density at radius 3 is 2.27 bits per heavy atom. The van der Waals surface area contributed by atoms with Gasteiger partial charge < -0.3 is 5.32 Å². The van der Waals surface area contributed by atoms with E-state index < -0.39 is 5.41 Å². The van der Waals surface area contributed by atoms with Crippen molar-refractivity contribution in [1.82, 2.24) is 0 Å². The van der Waals surface area contributed by atoms with Crippen LogP contribution in [0, 0.1) is 23.7 Å². The topological polar surface area (TPSA) is 52.9 Å². The van der Waals surface area contributed by atoms with Gasteiger partial charge in [-0.25, -0.2) is 0 Å². The van der Waals surface area contributed by atoms with E-state index in [0.29, 0.717) is 5.56 Å². The molecular weight excluding hydrogens is 272 g/mol. The summed E-state index contributed by atoms with van der Waals surface area (Å²) in [6, 6.07) is 15.5. The fourth-order valence-corrected chi connectivity index (χ4v) is 2.05. The molecule has 3 heteroatoms. The zero-order chi connectivity index (χ0) is 16.3. The molecule has 0 heterocycles. The van der Waals surface area contributed by atoms with Gasteiger partial charge in [-0.2, -0.15) is 5.26 Å². The summed E-state index contributed by atoms with van der Waals surface area (Å²) in [6.07, 6.45) is 0. The minimum Gasteiger partial charge on any atom is -0.325 e. The third-order valence-corrected chi connectivity index (χ3v) is 3.43. The number of carbonyl (C=O) groups excluding carboxylic acids is 1. The molecule has 3 nitrogen and oxygen atoms in total. The van der Waals surface area contributed by atoms with Crippen molar-refractivity contribution >= 4 is 11.6 Å². The van der Waals surface area contributed by atoms with Gasteiger partial charge in [-0.3, -0.25) is 4.79 Å². The molecule has 0 aliphatic rings. The second-order valence-corrected chi connectivity index (χ2v) is 6.44. The van der Waals surface area contributed by atoms with Crippen LogP contribution in [-0.4, -0.2) is 5.91 Å². The molecule has 0 radical (unpaired) electrons. The van der Waals surface area contributed by atoms with E-state index in [4.69, 9.17) is 5.26 Å². The molecule has 0 aliphatic heterocycles. The van der Waals surface area contributed by atoms with Crippen molar-refractivity contribution < 1.29 is 4.79 Å². The predicted molar refractivity (Wildman–Crippen MR) is 89.4 cm³/mol. The molecular formula is C19H20N2O. The van der Waals surface area contributed by atoms with Gasteiger partial charge in [0.15, 0.2) is 0 Å². The Hall–Kier alpha value is -2.60.